The van der Waals surface area contributed by atoms with Crippen molar-refractivity contribution in [1.82, 2.24) is 4.57 Å². The van der Waals surface area contributed by atoms with Crippen molar-refractivity contribution < 1.29 is 0 Å². The molecule has 0 N–H and O–H groups in total. The highest BCUT2D eigenvalue weighted by Crippen LogP contribution is 2.63. The van der Waals surface area contributed by atoms with E-state index in [1.807, 2.05) is 0 Å². The van der Waals surface area contributed by atoms with Gasteiger partial charge >= 0.3 is 0 Å². The van der Waals surface area contributed by atoms with Crippen molar-refractivity contribution in [3.8, 4) is 50.2 Å². The van der Waals surface area contributed by atoms with Gasteiger partial charge in [-0.25, -0.2) is 0 Å². The molecule has 63 heavy (non-hydrogen) atoms. The molecule has 0 saturated carbocycles. The number of rotatable bonds is 6. The minimum absolute atomic E-state index is 0.454. The Balaban J connectivity index is 1.11. The molecular weight excluding hydrogens is 761 g/mol. The third-order valence-electron chi connectivity index (χ3n) is 13.6. The first kappa shape index (κ1) is 35.5. The third kappa shape index (κ3) is 5.19. The summed E-state index contributed by atoms with van der Waals surface area (Å²) >= 11 is 0. The standard InChI is InChI=1S/C61H40N2/c1-4-19-41(20-5-1)42-21-18-22-43(37-42)53-38-47(40-59-60(53)52-30-13-17-34-58(52)63(59)45-25-8-3-9-26-45)62(44-23-6-2-7-24-44)46-35-36-51-50-29-12-16-33-56(50)61(57(51)39-46)54-31-14-10-27-48(54)49-28-11-15-32-55(49)61/h1-40H. The van der Waals surface area contributed by atoms with Crippen molar-refractivity contribution in [1.29, 1.82) is 0 Å². The molecule has 1 heterocycles. The van der Waals surface area contributed by atoms with Crippen molar-refractivity contribution in [2.75, 3.05) is 4.90 Å². The number of benzene rings is 10. The molecule has 0 saturated heterocycles. The topological polar surface area (TPSA) is 8.17 Å². The summed E-state index contributed by atoms with van der Waals surface area (Å²) in [5.74, 6) is 0. The van der Waals surface area contributed by atoms with E-state index in [-0.39, 0.29) is 0 Å². The molecule has 0 radical (unpaired) electrons. The van der Waals surface area contributed by atoms with Gasteiger partial charge in [-0.1, -0.05) is 182 Å². The predicted molar refractivity (Wildman–Crippen MR) is 263 cm³/mol. The zero-order valence-corrected chi connectivity index (χ0v) is 34.5. The molecule has 0 unspecified atom stereocenters. The van der Waals surface area contributed by atoms with Crippen LogP contribution in [0, 0.1) is 0 Å². The molecule has 2 aliphatic rings. The van der Waals surface area contributed by atoms with Crippen LogP contribution >= 0.6 is 0 Å². The summed E-state index contributed by atoms with van der Waals surface area (Å²) in [6.45, 7) is 0. The molecule has 0 fully saturated rings. The van der Waals surface area contributed by atoms with Gasteiger partial charge in [-0.3, -0.25) is 0 Å². The number of aromatic nitrogens is 1. The number of fused-ring (bicyclic) bond motifs is 13. The second-order valence-corrected chi connectivity index (χ2v) is 16.8. The molecule has 1 aromatic heterocycles. The number of nitrogens with zero attached hydrogens (tertiary/aromatic N) is 2. The zero-order chi connectivity index (χ0) is 41.5. The molecule has 2 aliphatic carbocycles. The van der Waals surface area contributed by atoms with Gasteiger partial charge in [0.05, 0.1) is 16.4 Å². The van der Waals surface area contributed by atoms with Crippen molar-refractivity contribution >= 4 is 38.9 Å². The fourth-order valence-corrected chi connectivity index (χ4v) is 11.0. The van der Waals surface area contributed by atoms with Crippen LogP contribution in [0.15, 0.2) is 243 Å². The molecule has 0 aliphatic heterocycles. The Morgan fingerprint density at radius 3 is 1.52 bits per heavy atom. The summed E-state index contributed by atoms with van der Waals surface area (Å²) in [6.07, 6.45) is 0. The van der Waals surface area contributed by atoms with Crippen molar-refractivity contribution in [3.05, 3.63) is 265 Å². The Hall–Kier alpha value is -8.20. The van der Waals surface area contributed by atoms with Crippen LogP contribution in [0.1, 0.15) is 22.3 Å². The Labute approximate surface area is 367 Å². The summed E-state index contributed by atoms with van der Waals surface area (Å²) in [5.41, 5.74) is 21.6. The molecule has 2 heteroatoms. The van der Waals surface area contributed by atoms with Gasteiger partial charge in [0, 0.05) is 33.5 Å². The van der Waals surface area contributed by atoms with Crippen molar-refractivity contribution in [2.24, 2.45) is 0 Å². The highest BCUT2D eigenvalue weighted by molar-refractivity contribution is 6.17. The summed E-state index contributed by atoms with van der Waals surface area (Å²) < 4.78 is 2.45. The van der Waals surface area contributed by atoms with Crippen LogP contribution in [-0.2, 0) is 5.41 Å². The largest absolute Gasteiger partial charge is 0.310 e. The van der Waals surface area contributed by atoms with Gasteiger partial charge in [-0.15, -0.1) is 0 Å². The lowest BCUT2D eigenvalue weighted by molar-refractivity contribution is 0.793. The van der Waals surface area contributed by atoms with Crippen LogP contribution in [-0.4, -0.2) is 4.57 Å². The number of hydrogen-bond donors (Lipinski definition) is 0. The molecule has 10 aromatic carbocycles. The Morgan fingerprint density at radius 1 is 0.302 bits per heavy atom. The Morgan fingerprint density at radius 2 is 0.841 bits per heavy atom. The maximum atomic E-state index is 2.49. The predicted octanol–water partition coefficient (Wildman–Crippen LogP) is 15.9. The molecule has 0 bridgehead atoms. The van der Waals surface area contributed by atoms with Crippen LogP contribution < -0.4 is 4.90 Å². The molecule has 13 rings (SSSR count). The van der Waals surface area contributed by atoms with E-state index in [9.17, 15) is 0 Å². The first-order valence-corrected chi connectivity index (χ1v) is 21.8. The fraction of sp³-hybridized carbons (Fsp3) is 0.0164. The van der Waals surface area contributed by atoms with Gasteiger partial charge in [0.25, 0.3) is 0 Å². The van der Waals surface area contributed by atoms with E-state index in [2.05, 4.69) is 252 Å². The molecule has 1 spiro atoms. The molecular formula is C61H40N2. The van der Waals surface area contributed by atoms with Gasteiger partial charge in [-0.05, 0) is 127 Å². The van der Waals surface area contributed by atoms with Gasteiger partial charge in [0.1, 0.15) is 0 Å². The summed E-state index contributed by atoms with van der Waals surface area (Å²) in [6, 6.07) is 89.6. The fourth-order valence-electron chi connectivity index (χ4n) is 11.0. The molecule has 0 amide bonds. The minimum atomic E-state index is -0.454. The van der Waals surface area contributed by atoms with Gasteiger partial charge in [0.15, 0.2) is 0 Å². The summed E-state index contributed by atoms with van der Waals surface area (Å²) in [7, 11) is 0. The quantitative estimate of drug-likeness (QED) is 0.163. The van der Waals surface area contributed by atoms with E-state index in [0.29, 0.717) is 0 Å². The van der Waals surface area contributed by atoms with E-state index >= 15 is 0 Å². The van der Waals surface area contributed by atoms with Crippen LogP contribution in [0.25, 0.3) is 72.0 Å². The lowest BCUT2D eigenvalue weighted by Crippen LogP contribution is -2.26. The highest BCUT2D eigenvalue weighted by Gasteiger charge is 2.51. The Kier molecular flexibility index (Phi) is 7.85. The van der Waals surface area contributed by atoms with E-state index < -0.39 is 5.41 Å². The van der Waals surface area contributed by atoms with Crippen molar-refractivity contribution in [2.45, 2.75) is 5.41 Å². The highest BCUT2D eigenvalue weighted by atomic mass is 15.1. The van der Waals surface area contributed by atoms with Crippen molar-refractivity contribution in [3.63, 3.8) is 0 Å². The minimum Gasteiger partial charge on any atom is -0.310 e. The van der Waals surface area contributed by atoms with Gasteiger partial charge < -0.3 is 9.47 Å². The SMILES string of the molecule is c1ccc(-c2cccc(-c3cc(N(c4ccccc4)c4ccc5c(c4)C4(c6ccccc6-c6ccccc64)c4ccccc4-5)cc4c3c3ccccc3n4-c3ccccc3)c2)cc1. The van der Waals surface area contributed by atoms with Crippen LogP contribution in [0.4, 0.5) is 17.1 Å². The lowest BCUT2D eigenvalue weighted by Gasteiger charge is -2.32. The second kappa shape index (κ2) is 13.9. The molecule has 11 aromatic rings. The zero-order valence-electron chi connectivity index (χ0n) is 34.5. The van der Waals surface area contributed by atoms with Crippen LogP contribution in [0.2, 0.25) is 0 Å². The van der Waals surface area contributed by atoms with Crippen LogP contribution in [0.3, 0.4) is 0 Å². The molecule has 0 atom stereocenters. The van der Waals surface area contributed by atoms with Gasteiger partial charge in [-0.2, -0.15) is 0 Å². The number of anilines is 3. The smallest absolute Gasteiger partial charge is 0.0726 e. The van der Waals surface area contributed by atoms with E-state index in [1.54, 1.807) is 0 Å². The monoisotopic (exact) mass is 800 g/mol. The maximum Gasteiger partial charge on any atom is 0.0726 e. The summed E-state index contributed by atoms with van der Waals surface area (Å²) in [4.78, 5) is 2.47. The van der Waals surface area contributed by atoms with E-state index in [1.165, 1.54) is 83.1 Å². The first-order valence-electron chi connectivity index (χ1n) is 21.8. The summed E-state index contributed by atoms with van der Waals surface area (Å²) in [5, 5.41) is 2.46. The molecule has 2 nitrogen and oxygen atoms in total. The van der Waals surface area contributed by atoms with E-state index in [4.69, 9.17) is 0 Å². The van der Waals surface area contributed by atoms with Gasteiger partial charge in [0.2, 0.25) is 0 Å². The normalized spacial score (nSPS) is 12.9. The van der Waals surface area contributed by atoms with Crippen LogP contribution in [0.5, 0.6) is 0 Å². The average Bonchev–Trinajstić information content (AvgIpc) is 3.96. The number of para-hydroxylation sites is 3. The van der Waals surface area contributed by atoms with E-state index in [0.717, 1.165) is 28.3 Å². The average molecular weight is 801 g/mol. The molecule has 294 valence electrons. The lowest BCUT2D eigenvalue weighted by atomic mass is 9.70. The maximum absolute atomic E-state index is 2.49. The third-order valence-corrected chi connectivity index (χ3v) is 13.6. The number of hydrogen-bond acceptors (Lipinski definition) is 1. The Bertz CT molecular complexity index is 3500. The first-order chi connectivity index (χ1) is 31.3. The second-order valence-electron chi connectivity index (χ2n) is 16.8.